The number of nitrogens with one attached hydrogen (secondary N) is 1. The van der Waals surface area contributed by atoms with Crippen LogP contribution >= 0.6 is 11.6 Å². The summed E-state index contributed by atoms with van der Waals surface area (Å²) in [7, 11) is 0. The number of carboxylic acid groups (broad SMARTS) is 1. The van der Waals surface area contributed by atoms with Gasteiger partial charge in [-0.15, -0.1) is 0 Å². The van der Waals surface area contributed by atoms with Gasteiger partial charge in [0.05, 0.1) is 11.3 Å². The monoisotopic (exact) mass is 499 g/mol. The molecular weight excluding hydrogens is 466 g/mol. The summed E-state index contributed by atoms with van der Waals surface area (Å²) in [5.41, 5.74) is -0.608. The standard InChI is InChI=1S/C28H34ClNO5/c1-27(2,3)28(20-7-5-4-6-8-20,25(33)18-9-12-21(29)13-10-18)16-15-24(32)30-22-17-19(26(34)35)11-14-23(22)31/h9-14,17,20,31H,4-8,15-16H2,1-3H3,(H,30,32)(H,34,35). The van der Waals surface area contributed by atoms with Gasteiger partial charge in [-0.2, -0.15) is 0 Å². The molecule has 1 aliphatic carbocycles. The van der Waals surface area contributed by atoms with E-state index in [1.165, 1.54) is 18.2 Å². The van der Waals surface area contributed by atoms with Crippen molar-refractivity contribution in [2.24, 2.45) is 16.7 Å². The SMILES string of the molecule is CC(C)(C)C(CCC(=O)Nc1cc(C(=O)O)ccc1O)(C(=O)c1ccc(Cl)cc1)C1CCCCC1. The number of Topliss-reactive ketones (excluding diaryl/α,β-unsaturated/α-hetero) is 1. The van der Waals surface area contributed by atoms with Gasteiger partial charge in [-0.05, 0) is 73.1 Å². The quantitative estimate of drug-likeness (QED) is 0.269. The van der Waals surface area contributed by atoms with E-state index in [0.717, 1.165) is 32.1 Å². The van der Waals surface area contributed by atoms with Gasteiger partial charge < -0.3 is 15.5 Å². The first-order valence-corrected chi connectivity index (χ1v) is 12.5. The van der Waals surface area contributed by atoms with E-state index in [0.29, 0.717) is 17.0 Å². The number of ketones is 1. The minimum Gasteiger partial charge on any atom is -0.506 e. The van der Waals surface area contributed by atoms with Gasteiger partial charge in [0.1, 0.15) is 5.75 Å². The Labute approximate surface area is 211 Å². The lowest BCUT2D eigenvalue weighted by atomic mass is 9.52. The molecule has 1 aliphatic rings. The van der Waals surface area contributed by atoms with E-state index in [-0.39, 0.29) is 41.0 Å². The van der Waals surface area contributed by atoms with Crippen molar-refractivity contribution in [3.8, 4) is 5.75 Å². The van der Waals surface area contributed by atoms with Crippen molar-refractivity contribution in [1.29, 1.82) is 0 Å². The summed E-state index contributed by atoms with van der Waals surface area (Å²) in [6.45, 7) is 6.19. The molecule has 188 valence electrons. The Morgan fingerprint density at radius 1 is 0.971 bits per heavy atom. The third kappa shape index (κ3) is 5.87. The Hall–Kier alpha value is -2.86. The molecule has 0 heterocycles. The fourth-order valence-corrected chi connectivity index (χ4v) is 5.70. The van der Waals surface area contributed by atoms with Gasteiger partial charge >= 0.3 is 5.97 Å². The zero-order valence-corrected chi connectivity index (χ0v) is 21.3. The van der Waals surface area contributed by atoms with Crippen LogP contribution in [0.4, 0.5) is 5.69 Å². The number of halogens is 1. The Morgan fingerprint density at radius 3 is 2.14 bits per heavy atom. The Balaban J connectivity index is 1.92. The fraction of sp³-hybridized carbons (Fsp3) is 0.464. The number of phenols is 1. The van der Waals surface area contributed by atoms with Crippen molar-refractivity contribution in [2.75, 3.05) is 5.32 Å². The van der Waals surface area contributed by atoms with Gasteiger partial charge in [-0.25, -0.2) is 4.79 Å². The van der Waals surface area contributed by atoms with E-state index in [4.69, 9.17) is 11.6 Å². The number of hydrogen-bond donors (Lipinski definition) is 3. The van der Waals surface area contributed by atoms with Crippen molar-refractivity contribution in [1.82, 2.24) is 0 Å². The summed E-state index contributed by atoms with van der Waals surface area (Å²) in [5.74, 6) is -1.59. The van der Waals surface area contributed by atoms with E-state index >= 15 is 0 Å². The third-order valence-corrected chi connectivity index (χ3v) is 7.67. The number of anilines is 1. The van der Waals surface area contributed by atoms with Crippen LogP contribution in [-0.2, 0) is 4.79 Å². The molecule has 0 bridgehead atoms. The zero-order chi connectivity index (χ0) is 25.8. The van der Waals surface area contributed by atoms with Crippen molar-refractivity contribution < 1.29 is 24.6 Å². The fourth-order valence-electron chi connectivity index (χ4n) is 5.58. The Morgan fingerprint density at radius 2 is 1.57 bits per heavy atom. The average molecular weight is 500 g/mol. The first-order valence-electron chi connectivity index (χ1n) is 12.1. The maximum atomic E-state index is 14.2. The van der Waals surface area contributed by atoms with Crippen molar-refractivity contribution >= 4 is 34.9 Å². The predicted octanol–water partition coefficient (Wildman–Crippen LogP) is 6.96. The highest BCUT2D eigenvalue weighted by molar-refractivity contribution is 6.30. The minimum absolute atomic E-state index is 0.0251. The average Bonchev–Trinajstić information content (AvgIpc) is 2.81. The zero-order valence-electron chi connectivity index (χ0n) is 20.6. The normalized spacial score (nSPS) is 16.3. The van der Waals surface area contributed by atoms with Gasteiger partial charge in [-0.3, -0.25) is 9.59 Å². The number of carbonyl (C=O) groups is 3. The summed E-state index contributed by atoms with van der Waals surface area (Å²) in [4.78, 5) is 38.5. The van der Waals surface area contributed by atoms with Crippen LogP contribution in [0, 0.1) is 16.7 Å². The molecule has 0 spiro atoms. The Kier molecular flexibility index (Phi) is 8.26. The second kappa shape index (κ2) is 10.8. The molecule has 0 radical (unpaired) electrons. The number of aromatic carboxylic acids is 1. The van der Waals surface area contributed by atoms with Gasteiger partial charge in [0.2, 0.25) is 5.91 Å². The van der Waals surface area contributed by atoms with E-state index in [2.05, 4.69) is 26.1 Å². The highest BCUT2D eigenvalue weighted by Gasteiger charge is 2.53. The van der Waals surface area contributed by atoms with Crippen molar-refractivity contribution in [3.63, 3.8) is 0 Å². The van der Waals surface area contributed by atoms with Crippen molar-refractivity contribution in [2.45, 2.75) is 65.7 Å². The van der Waals surface area contributed by atoms with E-state index < -0.39 is 16.8 Å². The van der Waals surface area contributed by atoms with Crippen LogP contribution in [0.3, 0.4) is 0 Å². The van der Waals surface area contributed by atoms with Crippen LogP contribution in [0.15, 0.2) is 42.5 Å². The van der Waals surface area contributed by atoms with Gasteiger partial charge in [0.15, 0.2) is 5.78 Å². The van der Waals surface area contributed by atoms with Gasteiger partial charge in [0, 0.05) is 22.4 Å². The number of phenolic OH excluding ortho intramolecular Hbond substituents is 1. The molecule has 1 unspecified atom stereocenters. The molecule has 1 saturated carbocycles. The lowest BCUT2D eigenvalue weighted by Gasteiger charge is -2.50. The molecule has 1 fully saturated rings. The number of aromatic hydroxyl groups is 1. The summed E-state index contributed by atoms with van der Waals surface area (Å²) >= 11 is 6.07. The summed E-state index contributed by atoms with van der Waals surface area (Å²) in [6, 6.07) is 10.7. The molecule has 3 rings (SSSR count). The second-order valence-electron chi connectivity index (χ2n) is 10.5. The first-order chi connectivity index (χ1) is 16.5. The van der Waals surface area contributed by atoms with E-state index in [9.17, 15) is 24.6 Å². The molecular formula is C28H34ClNO5. The highest BCUT2D eigenvalue weighted by atomic mass is 35.5. The summed E-state index contributed by atoms with van der Waals surface area (Å²) in [6.07, 6.45) is 5.51. The van der Waals surface area contributed by atoms with Crippen molar-refractivity contribution in [3.05, 3.63) is 58.6 Å². The summed E-state index contributed by atoms with van der Waals surface area (Å²) < 4.78 is 0. The molecule has 1 amide bonds. The smallest absolute Gasteiger partial charge is 0.335 e. The predicted molar refractivity (Wildman–Crippen MR) is 137 cm³/mol. The van der Waals surface area contributed by atoms with E-state index in [1.54, 1.807) is 24.3 Å². The number of benzene rings is 2. The molecule has 0 saturated heterocycles. The van der Waals surface area contributed by atoms with Crippen LogP contribution in [-0.4, -0.2) is 27.9 Å². The number of carbonyl (C=O) groups excluding carboxylic acids is 2. The first kappa shape index (κ1) is 26.7. The molecule has 2 aromatic rings. The van der Waals surface area contributed by atoms with Crippen LogP contribution in [0.2, 0.25) is 5.02 Å². The molecule has 1 atom stereocenters. The molecule has 7 heteroatoms. The molecule has 35 heavy (non-hydrogen) atoms. The van der Waals surface area contributed by atoms with Gasteiger partial charge in [-0.1, -0.05) is 51.6 Å². The van der Waals surface area contributed by atoms with Crippen LogP contribution in [0.25, 0.3) is 0 Å². The molecule has 3 N–H and O–H groups in total. The maximum absolute atomic E-state index is 14.2. The molecule has 0 aliphatic heterocycles. The highest BCUT2D eigenvalue weighted by Crippen LogP contribution is 2.55. The number of amides is 1. The largest absolute Gasteiger partial charge is 0.506 e. The van der Waals surface area contributed by atoms with E-state index in [1.807, 2.05) is 0 Å². The Bertz CT molecular complexity index is 1080. The lowest BCUT2D eigenvalue weighted by Crippen LogP contribution is -2.50. The summed E-state index contributed by atoms with van der Waals surface area (Å²) in [5, 5.41) is 22.5. The topological polar surface area (TPSA) is 104 Å². The van der Waals surface area contributed by atoms with Crippen LogP contribution < -0.4 is 5.32 Å². The minimum atomic E-state index is -1.15. The number of hydrogen-bond acceptors (Lipinski definition) is 4. The number of rotatable bonds is 8. The molecule has 2 aromatic carbocycles. The number of carboxylic acids is 1. The molecule has 6 nitrogen and oxygen atoms in total. The van der Waals surface area contributed by atoms with Gasteiger partial charge in [0.25, 0.3) is 0 Å². The second-order valence-corrected chi connectivity index (χ2v) is 10.9. The lowest BCUT2D eigenvalue weighted by molar-refractivity contribution is -0.117. The third-order valence-electron chi connectivity index (χ3n) is 7.42. The van der Waals surface area contributed by atoms with Crippen LogP contribution in [0.1, 0.15) is 86.4 Å². The van der Waals surface area contributed by atoms with Crippen LogP contribution in [0.5, 0.6) is 5.75 Å². The maximum Gasteiger partial charge on any atom is 0.335 e. The molecule has 0 aromatic heterocycles.